The molecule has 1 atom stereocenters. The summed E-state index contributed by atoms with van der Waals surface area (Å²) >= 11 is 0. The maximum Gasteiger partial charge on any atom is 0.416 e. The Hall–Kier alpha value is -2.45. The molecule has 8 heteroatoms. The zero-order chi connectivity index (χ0) is 24.5. The molecule has 1 aromatic heterocycles. The lowest BCUT2D eigenvalue weighted by molar-refractivity contribution is 0.0548. The lowest BCUT2D eigenvalue weighted by Crippen LogP contribution is -2.47. The summed E-state index contributed by atoms with van der Waals surface area (Å²) in [6, 6.07) is 10.5. The third-order valence-electron chi connectivity index (χ3n) is 6.51. The highest BCUT2D eigenvalue weighted by Gasteiger charge is 2.36. The molecule has 1 saturated heterocycles. The van der Waals surface area contributed by atoms with Crippen LogP contribution in [0.25, 0.3) is 0 Å². The Morgan fingerprint density at radius 3 is 2.29 bits per heavy atom. The Morgan fingerprint density at radius 1 is 1.03 bits per heavy atom. The van der Waals surface area contributed by atoms with E-state index in [1.54, 1.807) is 27.5 Å². The molecule has 2 aromatic rings. The fourth-order valence-electron chi connectivity index (χ4n) is 4.49. The van der Waals surface area contributed by atoms with Gasteiger partial charge in [0, 0.05) is 18.8 Å². The fourth-order valence-corrected chi connectivity index (χ4v) is 6.18. The number of ether oxygens (including phenoxy) is 1. The van der Waals surface area contributed by atoms with Gasteiger partial charge in [0.2, 0.25) is 10.0 Å². The van der Waals surface area contributed by atoms with E-state index in [-0.39, 0.29) is 12.1 Å². The number of benzene rings is 1. The van der Waals surface area contributed by atoms with Gasteiger partial charge in [-0.25, -0.2) is 18.2 Å². The number of rotatable bonds is 5. The molecule has 2 fully saturated rings. The highest BCUT2D eigenvalue weighted by Crippen LogP contribution is 2.36. The summed E-state index contributed by atoms with van der Waals surface area (Å²) in [6.07, 6.45) is 6.79. The van der Waals surface area contributed by atoms with Crippen molar-refractivity contribution in [2.24, 2.45) is 0 Å². The first-order chi connectivity index (χ1) is 16.1. The van der Waals surface area contributed by atoms with E-state index in [4.69, 9.17) is 4.74 Å². The molecule has 0 unspecified atom stereocenters. The summed E-state index contributed by atoms with van der Waals surface area (Å²) in [6.45, 7) is 7.98. The second-order valence-electron chi connectivity index (χ2n) is 10.3. The van der Waals surface area contributed by atoms with Gasteiger partial charge in [0.1, 0.15) is 11.4 Å². The molecule has 0 radical (unpaired) electrons. The van der Waals surface area contributed by atoms with E-state index < -0.39 is 21.7 Å². The first kappa shape index (κ1) is 24.7. The van der Waals surface area contributed by atoms with Gasteiger partial charge in [0.25, 0.3) is 0 Å². The van der Waals surface area contributed by atoms with Gasteiger partial charge in [0.05, 0.1) is 10.9 Å². The Kier molecular flexibility index (Phi) is 7.01. The molecule has 1 aliphatic carbocycles. The summed E-state index contributed by atoms with van der Waals surface area (Å²) in [5, 5.41) is 0. The van der Waals surface area contributed by atoms with Crippen molar-refractivity contribution < 1.29 is 17.9 Å². The predicted molar refractivity (Wildman–Crippen MR) is 132 cm³/mol. The van der Waals surface area contributed by atoms with Crippen LogP contribution in [0.5, 0.6) is 0 Å². The van der Waals surface area contributed by atoms with Crippen LogP contribution >= 0.6 is 0 Å². The number of piperidine rings is 1. The van der Waals surface area contributed by atoms with Gasteiger partial charge >= 0.3 is 6.09 Å². The Balaban J connectivity index is 1.60. The van der Waals surface area contributed by atoms with E-state index in [0.717, 1.165) is 49.7 Å². The van der Waals surface area contributed by atoms with E-state index in [0.29, 0.717) is 17.3 Å². The third-order valence-corrected chi connectivity index (χ3v) is 8.44. The number of amides is 1. The van der Waals surface area contributed by atoms with E-state index in [1.165, 1.54) is 0 Å². The average Bonchev–Trinajstić information content (AvgIpc) is 2.75. The summed E-state index contributed by atoms with van der Waals surface area (Å²) in [5.41, 5.74) is 1.28. The number of pyridine rings is 1. The van der Waals surface area contributed by atoms with Gasteiger partial charge in [-0.05, 0) is 83.6 Å². The van der Waals surface area contributed by atoms with Gasteiger partial charge in [-0.1, -0.05) is 30.2 Å². The zero-order valence-corrected chi connectivity index (χ0v) is 21.3. The van der Waals surface area contributed by atoms with Gasteiger partial charge in [-0.3, -0.25) is 4.90 Å². The molecule has 0 N–H and O–H groups in total. The molecule has 4 rings (SSSR count). The maximum atomic E-state index is 13.5. The largest absolute Gasteiger partial charge is 0.443 e. The van der Waals surface area contributed by atoms with Crippen molar-refractivity contribution in [1.29, 1.82) is 0 Å². The lowest BCUT2D eigenvalue weighted by Gasteiger charge is -2.38. The van der Waals surface area contributed by atoms with Crippen molar-refractivity contribution in [2.45, 2.75) is 88.8 Å². The van der Waals surface area contributed by atoms with Crippen molar-refractivity contribution in [1.82, 2.24) is 9.29 Å². The molecule has 1 aliphatic heterocycles. The zero-order valence-electron chi connectivity index (χ0n) is 20.5. The molecule has 1 saturated carbocycles. The average molecular weight is 486 g/mol. The number of hydrogen-bond acceptors (Lipinski definition) is 5. The van der Waals surface area contributed by atoms with Crippen LogP contribution in [-0.4, -0.2) is 42.0 Å². The summed E-state index contributed by atoms with van der Waals surface area (Å²) in [7, 11) is -3.62. The van der Waals surface area contributed by atoms with E-state index in [2.05, 4.69) is 4.98 Å². The molecule has 0 spiro atoms. The molecule has 34 heavy (non-hydrogen) atoms. The van der Waals surface area contributed by atoms with Crippen molar-refractivity contribution in [3.8, 4) is 0 Å². The number of nitrogens with zero attached hydrogens (tertiary/aromatic N) is 3. The minimum atomic E-state index is -3.62. The summed E-state index contributed by atoms with van der Waals surface area (Å²) < 4.78 is 34.1. The fraction of sp³-hybridized carbons (Fsp3) is 0.538. The number of aromatic nitrogens is 1. The van der Waals surface area contributed by atoms with Crippen LogP contribution < -0.4 is 4.90 Å². The minimum absolute atomic E-state index is 0.0845. The number of carbonyl (C=O) groups excluding carboxylic acids is 1. The topological polar surface area (TPSA) is 79.8 Å². The predicted octanol–water partition coefficient (Wildman–Crippen LogP) is 5.60. The smallest absolute Gasteiger partial charge is 0.416 e. The quantitative estimate of drug-likeness (QED) is 0.551. The van der Waals surface area contributed by atoms with E-state index in [1.807, 2.05) is 52.0 Å². The van der Waals surface area contributed by atoms with E-state index in [9.17, 15) is 13.2 Å². The van der Waals surface area contributed by atoms with Gasteiger partial charge < -0.3 is 4.74 Å². The van der Waals surface area contributed by atoms with Gasteiger partial charge in [-0.2, -0.15) is 4.31 Å². The Morgan fingerprint density at radius 2 is 1.74 bits per heavy atom. The molecule has 1 aromatic carbocycles. The van der Waals surface area contributed by atoms with Crippen LogP contribution in [0.4, 0.5) is 10.6 Å². The van der Waals surface area contributed by atoms with Crippen LogP contribution in [0.2, 0.25) is 0 Å². The van der Waals surface area contributed by atoms with E-state index >= 15 is 0 Å². The molecule has 7 nitrogen and oxygen atoms in total. The maximum absolute atomic E-state index is 13.5. The standard InChI is InChI=1S/C26H35N3O4S/c1-19-11-14-22(15-12-19)34(31,32)28-17-6-5-10-23(28)20-13-16-24(27-18-20)29(21-8-7-9-21)25(30)33-26(2,3)4/h11-16,18,21,23H,5-10,17H2,1-4H3/t23-/m1/s1. The van der Waals surface area contributed by atoms with Crippen LogP contribution in [0, 0.1) is 6.92 Å². The Labute approximate surface area is 203 Å². The van der Waals surface area contributed by atoms with Gasteiger partial charge in [0.15, 0.2) is 0 Å². The Bertz CT molecular complexity index is 1100. The summed E-state index contributed by atoms with van der Waals surface area (Å²) in [5.74, 6) is 0.548. The normalized spacial score (nSPS) is 19.9. The monoisotopic (exact) mass is 485 g/mol. The minimum Gasteiger partial charge on any atom is -0.443 e. The third kappa shape index (κ3) is 5.28. The molecular formula is C26H35N3O4S. The number of anilines is 1. The van der Waals surface area contributed by atoms with Crippen molar-refractivity contribution in [2.75, 3.05) is 11.4 Å². The highest BCUT2D eigenvalue weighted by atomic mass is 32.2. The number of sulfonamides is 1. The molecule has 1 amide bonds. The van der Waals surface area contributed by atoms with Crippen molar-refractivity contribution >= 4 is 21.9 Å². The van der Waals surface area contributed by atoms with Crippen LogP contribution in [0.3, 0.4) is 0 Å². The van der Waals surface area contributed by atoms with Crippen LogP contribution in [0.1, 0.15) is 76.5 Å². The van der Waals surface area contributed by atoms with Gasteiger partial charge in [-0.15, -0.1) is 0 Å². The number of aryl methyl sites for hydroxylation is 1. The second kappa shape index (κ2) is 9.66. The summed E-state index contributed by atoms with van der Waals surface area (Å²) in [4.78, 5) is 19.5. The van der Waals surface area contributed by atoms with Crippen molar-refractivity contribution in [3.63, 3.8) is 0 Å². The molecule has 2 heterocycles. The molecular weight excluding hydrogens is 450 g/mol. The first-order valence-corrected chi connectivity index (χ1v) is 13.6. The molecule has 2 aliphatic rings. The highest BCUT2D eigenvalue weighted by molar-refractivity contribution is 7.89. The SMILES string of the molecule is Cc1ccc(S(=O)(=O)N2CCCC[C@@H]2c2ccc(N(C(=O)OC(C)(C)C)C3CCC3)nc2)cc1. The number of hydrogen-bond donors (Lipinski definition) is 0. The van der Waals surface area contributed by atoms with Crippen molar-refractivity contribution in [3.05, 3.63) is 53.7 Å². The lowest BCUT2D eigenvalue weighted by atomic mass is 9.91. The van der Waals surface area contributed by atoms with Crippen LogP contribution in [-0.2, 0) is 14.8 Å². The second-order valence-corrected chi connectivity index (χ2v) is 12.2. The molecule has 0 bridgehead atoms. The first-order valence-electron chi connectivity index (χ1n) is 12.1. The van der Waals surface area contributed by atoms with Crippen LogP contribution in [0.15, 0.2) is 47.5 Å². The molecule has 184 valence electrons. The number of carbonyl (C=O) groups is 1.